The summed E-state index contributed by atoms with van der Waals surface area (Å²) in [6, 6.07) is 8.31. The van der Waals surface area contributed by atoms with Crippen molar-refractivity contribution in [2.75, 3.05) is 5.32 Å². The number of aromatic amines is 1. The van der Waals surface area contributed by atoms with Gasteiger partial charge in [0.15, 0.2) is 0 Å². The summed E-state index contributed by atoms with van der Waals surface area (Å²) in [5.41, 5.74) is 5.24. The molecule has 0 bridgehead atoms. The number of nitriles is 1. The number of nitrogens with zero attached hydrogens (tertiary/aromatic N) is 3. The van der Waals surface area contributed by atoms with E-state index in [9.17, 15) is 5.26 Å². The number of hydrogen-bond acceptors (Lipinski definition) is 5. The number of thiazole rings is 1. The maximum atomic E-state index is 9.47. The molecule has 6 heteroatoms. The van der Waals surface area contributed by atoms with Gasteiger partial charge in [0, 0.05) is 46.8 Å². The first-order valence-electron chi connectivity index (χ1n) is 7.39. The van der Waals surface area contributed by atoms with Crippen LogP contribution in [0.2, 0.25) is 0 Å². The molecule has 0 saturated heterocycles. The van der Waals surface area contributed by atoms with Gasteiger partial charge in [-0.05, 0) is 30.7 Å². The van der Waals surface area contributed by atoms with Crippen LogP contribution in [-0.4, -0.2) is 15.0 Å². The SMILES string of the molecule is Cc1c(Nc2c(C#N)cncc2-c2nccs2)ccc2[nH]ccc12. The van der Waals surface area contributed by atoms with Gasteiger partial charge >= 0.3 is 0 Å². The normalized spacial score (nSPS) is 10.7. The monoisotopic (exact) mass is 331 g/mol. The van der Waals surface area contributed by atoms with E-state index in [2.05, 4.69) is 39.3 Å². The van der Waals surface area contributed by atoms with E-state index in [0.29, 0.717) is 5.56 Å². The van der Waals surface area contributed by atoms with Gasteiger partial charge in [-0.25, -0.2) is 4.98 Å². The van der Waals surface area contributed by atoms with Gasteiger partial charge in [-0.1, -0.05) is 0 Å². The van der Waals surface area contributed by atoms with Crippen LogP contribution in [0.4, 0.5) is 11.4 Å². The topological polar surface area (TPSA) is 77.4 Å². The van der Waals surface area contributed by atoms with E-state index in [1.807, 2.05) is 23.7 Å². The Balaban J connectivity index is 1.87. The Labute approximate surface area is 142 Å². The molecule has 0 radical (unpaired) electrons. The summed E-state index contributed by atoms with van der Waals surface area (Å²) in [5.74, 6) is 0. The van der Waals surface area contributed by atoms with Crippen LogP contribution in [0.25, 0.3) is 21.5 Å². The molecule has 0 unspecified atom stereocenters. The van der Waals surface area contributed by atoms with Crippen molar-refractivity contribution in [1.29, 1.82) is 5.26 Å². The fourth-order valence-electron chi connectivity index (χ4n) is 2.75. The van der Waals surface area contributed by atoms with Gasteiger partial charge in [0.05, 0.1) is 16.8 Å². The van der Waals surface area contributed by atoms with Gasteiger partial charge in [0.1, 0.15) is 11.1 Å². The summed E-state index contributed by atoms with van der Waals surface area (Å²) in [6.45, 7) is 2.06. The lowest BCUT2D eigenvalue weighted by molar-refractivity contribution is 1.28. The van der Waals surface area contributed by atoms with Gasteiger partial charge in [-0.2, -0.15) is 5.26 Å². The largest absolute Gasteiger partial charge is 0.361 e. The number of aryl methyl sites for hydroxylation is 1. The fraction of sp³-hybridized carbons (Fsp3) is 0.0556. The summed E-state index contributed by atoms with van der Waals surface area (Å²) in [4.78, 5) is 11.7. The third-order valence-corrected chi connectivity index (χ3v) is 4.80. The zero-order chi connectivity index (χ0) is 16.5. The van der Waals surface area contributed by atoms with Gasteiger partial charge < -0.3 is 10.3 Å². The van der Waals surface area contributed by atoms with Crippen molar-refractivity contribution in [1.82, 2.24) is 15.0 Å². The number of nitrogens with one attached hydrogen (secondary N) is 2. The lowest BCUT2D eigenvalue weighted by Crippen LogP contribution is -1.99. The van der Waals surface area contributed by atoms with Crippen LogP contribution < -0.4 is 5.32 Å². The standard InChI is InChI=1S/C18H13N5S/c1-11-13-4-5-21-16(13)3-2-15(11)23-17-12(8-19)9-20-10-14(17)18-22-6-7-24-18/h2-7,9-10,21H,1H3,(H,20,23). The first-order valence-corrected chi connectivity index (χ1v) is 8.27. The number of aromatic nitrogens is 3. The first-order chi connectivity index (χ1) is 11.8. The number of H-pyrrole nitrogens is 1. The van der Waals surface area contributed by atoms with E-state index >= 15 is 0 Å². The molecule has 1 aromatic carbocycles. The first kappa shape index (κ1) is 14.4. The Kier molecular flexibility index (Phi) is 3.48. The molecule has 0 amide bonds. The molecule has 0 saturated carbocycles. The van der Waals surface area contributed by atoms with E-state index in [4.69, 9.17) is 0 Å². The average Bonchev–Trinajstić information content (AvgIpc) is 3.29. The number of benzene rings is 1. The maximum absolute atomic E-state index is 9.47. The van der Waals surface area contributed by atoms with Crippen LogP contribution >= 0.6 is 11.3 Å². The molecule has 0 atom stereocenters. The summed E-state index contributed by atoms with van der Waals surface area (Å²) >= 11 is 1.52. The van der Waals surface area contributed by atoms with Crippen LogP contribution in [0.1, 0.15) is 11.1 Å². The van der Waals surface area contributed by atoms with Gasteiger partial charge in [0.2, 0.25) is 0 Å². The minimum Gasteiger partial charge on any atom is -0.361 e. The van der Waals surface area contributed by atoms with Gasteiger partial charge in [0.25, 0.3) is 0 Å². The van der Waals surface area contributed by atoms with Crippen LogP contribution in [0.15, 0.2) is 48.4 Å². The summed E-state index contributed by atoms with van der Waals surface area (Å²) in [7, 11) is 0. The second-order valence-electron chi connectivity index (χ2n) is 5.36. The van der Waals surface area contributed by atoms with Crippen molar-refractivity contribution < 1.29 is 0 Å². The van der Waals surface area contributed by atoms with Crippen LogP contribution in [0.3, 0.4) is 0 Å². The average molecular weight is 331 g/mol. The molecule has 0 aliphatic carbocycles. The Bertz CT molecular complexity index is 1060. The number of hydrogen-bond donors (Lipinski definition) is 2. The molecule has 3 aromatic heterocycles. The zero-order valence-electron chi connectivity index (χ0n) is 12.9. The fourth-order valence-corrected chi connectivity index (χ4v) is 3.41. The third-order valence-electron chi connectivity index (χ3n) is 3.99. The van der Waals surface area contributed by atoms with Crippen molar-refractivity contribution in [3.8, 4) is 16.6 Å². The molecule has 24 heavy (non-hydrogen) atoms. The number of rotatable bonds is 3. The van der Waals surface area contributed by atoms with Crippen molar-refractivity contribution in [2.45, 2.75) is 6.92 Å². The summed E-state index contributed by atoms with van der Waals surface area (Å²) in [6.07, 6.45) is 6.99. The van der Waals surface area contributed by atoms with Crippen molar-refractivity contribution in [2.24, 2.45) is 0 Å². The van der Waals surface area contributed by atoms with Crippen molar-refractivity contribution >= 4 is 33.6 Å². The molecular formula is C18H13N5S. The molecule has 3 heterocycles. The second kappa shape index (κ2) is 5.80. The highest BCUT2D eigenvalue weighted by atomic mass is 32.1. The molecule has 0 aliphatic heterocycles. The molecule has 116 valence electrons. The van der Waals surface area contributed by atoms with Crippen LogP contribution in [0, 0.1) is 18.3 Å². The lowest BCUT2D eigenvalue weighted by Gasteiger charge is -2.14. The van der Waals surface area contributed by atoms with E-state index in [1.165, 1.54) is 11.3 Å². The molecular weight excluding hydrogens is 318 g/mol. The second-order valence-corrected chi connectivity index (χ2v) is 6.26. The molecule has 5 nitrogen and oxygen atoms in total. The predicted octanol–water partition coefficient (Wildman–Crippen LogP) is 4.61. The third kappa shape index (κ3) is 2.32. The molecule has 2 N–H and O–H groups in total. The quantitative estimate of drug-likeness (QED) is 0.574. The molecule has 0 spiro atoms. The molecule has 4 rings (SSSR count). The zero-order valence-corrected chi connectivity index (χ0v) is 13.7. The minimum atomic E-state index is 0.497. The van der Waals surface area contributed by atoms with E-state index in [0.717, 1.165) is 38.4 Å². The molecule has 0 aliphatic rings. The maximum Gasteiger partial charge on any atom is 0.126 e. The highest BCUT2D eigenvalue weighted by molar-refractivity contribution is 7.13. The highest BCUT2D eigenvalue weighted by Crippen LogP contribution is 2.35. The van der Waals surface area contributed by atoms with Gasteiger partial charge in [-0.15, -0.1) is 11.3 Å². The number of anilines is 2. The van der Waals surface area contributed by atoms with Crippen LogP contribution in [-0.2, 0) is 0 Å². The Hall–Kier alpha value is -3.17. The smallest absolute Gasteiger partial charge is 0.126 e. The Morgan fingerprint density at radius 1 is 1.25 bits per heavy atom. The Morgan fingerprint density at radius 2 is 2.17 bits per heavy atom. The van der Waals surface area contributed by atoms with E-state index in [-0.39, 0.29) is 0 Å². The summed E-state index contributed by atoms with van der Waals surface area (Å²) < 4.78 is 0. The van der Waals surface area contributed by atoms with Crippen molar-refractivity contribution in [3.05, 3.63) is 59.5 Å². The van der Waals surface area contributed by atoms with Gasteiger partial charge in [-0.3, -0.25) is 4.98 Å². The van der Waals surface area contributed by atoms with E-state index in [1.54, 1.807) is 18.6 Å². The minimum absolute atomic E-state index is 0.497. The molecule has 0 fully saturated rings. The predicted molar refractivity (Wildman–Crippen MR) is 96.4 cm³/mol. The number of pyridine rings is 1. The Morgan fingerprint density at radius 3 is 2.96 bits per heavy atom. The molecule has 4 aromatic rings. The highest BCUT2D eigenvalue weighted by Gasteiger charge is 2.15. The van der Waals surface area contributed by atoms with E-state index < -0.39 is 0 Å². The summed E-state index contributed by atoms with van der Waals surface area (Å²) in [5, 5.41) is 16.8. The van der Waals surface area contributed by atoms with Crippen molar-refractivity contribution in [3.63, 3.8) is 0 Å². The lowest BCUT2D eigenvalue weighted by atomic mass is 10.1. The number of fused-ring (bicyclic) bond motifs is 1. The van der Waals surface area contributed by atoms with Crippen LogP contribution in [0.5, 0.6) is 0 Å².